The molecule has 2 heteroatoms. The molecule has 0 bridgehead atoms. The molecule has 0 amide bonds. The summed E-state index contributed by atoms with van der Waals surface area (Å²) < 4.78 is 5.68. The summed E-state index contributed by atoms with van der Waals surface area (Å²) in [5.74, 6) is 0.982. The molecule has 0 saturated carbocycles. The van der Waals surface area contributed by atoms with Gasteiger partial charge in [0.05, 0.1) is 6.10 Å². The smallest absolute Gasteiger partial charge is 0.119 e. The minimum Gasteiger partial charge on any atom is -0.491 e. The van der Waals surface area contributed by atoms with Crippen molar-refractivity contribution in [3.63, 3.8) is 0 Å². The zero-order valence-corrected chi connectivity index (χ0v) is 12.0. The highest BCUT2D eigenvalue weighted by atomic mass is 79.9. The van der Waals surface area contributed by atoms with Crippen LogP contribution < -0.4 is 4.74 Å². The molecule has 1 unspecified atom stereocenters. The number of alkyl halides is 1. The van der Waals surface area contributed by atoms with Crippen LogP contribution in [0.5, 0.6) is 5.75 Å². The van der Waals surface area contributed by atoms with E-state index >= 15 is 0 Å². The van der Waals surface area contributed by atoms with Gasteiger partial charge < -0.3 is 4.74 Å². The standard InChI is InChI=1S/C14H21BrO/c1-4-13(15)9-8-12-6-5-7-14(10-12)16-11(2)3/h5-7,10-11,13H,4,8-9H2,1-3H3. The van der Waals surface area contributed by atoms with Crippen molar-refractivity contribution in [3.8, 4) is 5.75 Å². The SMILES string of the molecule is CCC(Br)CCc1cccc(OC(C)C)c1. The molecule has 0 aliphatic heterocycles. The fourth-order valence-electron chi connectivity index (χ4n) is 1.57. The molecule has 1 rings (SSSR count). The van der Waals surface area contributed by atoms with Crippen LogP contribution in [0.15, 0.2) is 24.3 Å². The number of benzene rings is 1. The van der Waals surface area contributed by atoms with Gasteiger partial charge in [-0.2, -0.15) is 0 Å². The van der Waals surface area contributed by atoms with Gasteiger partial charge in [0, 0.05) is 4.83 Å². The minimum atomic E-state index is 0.245. The number of rotatable bonds is 6. The van der Waals surface area contributed by atoms with Gasteiger partial charge in [-0.05, 0) is 50.8 Å². The lowest BCUT2D eigenvalue weighted by Crippen LogP contribution is -2.05. The van der Waals surface area contributed by atoms with Crippen LogP contribution >= 0.6 is 15.9 Å². The van der Waals surface area contributed by atoms with Gasteiger partial charge in [-0.1, -0.05) is 35.0 Å². The van der Waals surface area contributed by atoms with Crippen molar-refractivity contribution in [1.29, 1.82) is 0 Å². The van der Waals surface area contributed by atoms with Crippen molar-refractivity contribution in [2.24, 2.45) is 0 Å². The van der Waals surface area contributed by atoms with Crippen molar-refractivity contribution in [2.75, 3.05) is 0 Å². The Morgan fingerprint density at radius 2 is 2.06 bits per heavy atom. The second-order valence-corrected chi connectivity index (χ2v) is 5.65. The summed E-state index contributed by atoms with van der Waals surface area (Å²) in [6.07, 6.45) is 3.72. The summed E-state index contributed by atoms with van der Waals surface area (Å²) in [6.45, 7) is 6.31. The van der Waals surface area contributed by atoms with Gasteiger partial charge in [0.1, 0.15) is 5.75 Å². The Bertz CT molecular complexity index is 309. The maximum Gasteiger partial charge on any atom is 0.119 e. The van der Waals surface area contributed by atoms with E-state index in [1.54, 1.807) is 0 Å². The summed E-state index contributed by atoms with van der Waals surface area (Å²) in [5, 5.41) is 0. The molecule has 1 aromatic carbocycles. The first-order valence-electron chi connectivity index (χ1n) is 6.01. The molecule has 0 fully saturated rings. The number of hydrogen-bond acceptors (Lipinski definition) is 1. The van der Waals surface area contributed by atoms with E-state index in [2.05, 4.69) is 54.9 Å². The average Bonchev–Trinajstić information content (AvgIpc) is 2.25. The Kier molecular flexibility index (Phi) is 5.89. The largest absolute Gasteiger partial charge is 0.491 e. The van der Waals surface area contributed by atoms with Crippen molar-refractivity contribution >= 4 is 15.9 Å². The van der Waals surface area contributed by atoms with Crippen LogP contribution in [0.4, 0.5) is 0 Å². The zero-order chi connectivity index (χ0) is 12.0. The molecule has 0 saturated heterocycles. The molecule has 0 aliphatic rings. The molecular weight excluding hydrogens is 264 g/mol. The normalized spacial score (nSPS) is 12.8. The van der Waals surface area contributed by atoms with E-state index in [4.69, 9.17) is 4.74 Å². The van der Waals surface area contributed by atoms with Crippen LogP contribution in [-0.2, 0) is 6.42 Å². The van der Waals surface area contributed by atoms with Gasteiger partial charge in [0.15, 0.2) is 0 Å². The molecule has 90 valence electrons. The van der Waals surface area contributed by atoms with E-state index in [0.29, 0.717) is 4.83 Å². The van der Waals surface area contributed by atoms with Crippen LogP contribution in [0, 0.1) is 0 Å². The van der Waals surface area contributed by atoms with Crippen LogP contribution in [0.2, 0.25) is 0 Å². The van der Waals surface area contributed by atoms with Gasteiger partial charge in [-0.3, -0.25) is 0 Å². The minimum absolute atomic E-state index is 0.245. The zero-order valence-electron chi connectivity index (χ0n) is 10.4. The lowest BCUT2D eigenvalue weighted by atomic mass is 10.1. The molecule has 16 heavy (non-hydrogen) atoms. The number of halogens is 1. The van der Waals surface area contributed by atoms with E-state index in [1.807, 2.05) is 6.07 Å². The Labute approximate surface area is 107 Å². The molecule has 1 nitrogen and oxygen atoms in total. The predicted octanol–water partition coefficient (Wildman–Crippen LogP) is 4.58. The third-order valence-electron chi connectivity index (χ3n) is 2.46. The fraction of sp³-hybridized carbons (Fsp3) is 0.571. The Morgan fingerprint density at radius 3 is 2.69 bits per heavy atom. The summed E-state index contributed by atoms with van der Waals surface area (Å²) in [6, 6.07) is 8.41. The summed E-state index contributed by atoms with van der Waals surface area (Å²) in [7, 11) is 0. The molecule has 0 radical (unpaired) electrons. The first kappa shape index (κ1) is 13.6. The van der Waals surface area contributed by atoms with Crippen molar-refractivity contribution < 1.29 is 4.74 Å². The van der Waals surface area contributed by atoms with Gasteiger partial charge in [0.25, 0.3) is 0 Å². The van der Waals surface area contributed by atoms with Gasteiger partial charge in [0.2, 0.25) is 0 Å². The van der Waals surface area contributed by atoms with Crippen LogP contribution in [0.3, 0.4) is 0 Å². The molecular formula is C14H21BrO. The predicted molar refractivity (Wildman–Crippen MR) is 73.5 cm³/mol. The topological polar surface area (TPSA) is 9.23 Å². The first-order valence-corrected chi connectivity index (χ1v) is 6.93. The maximum absolute atomic E-state index is 5.68. The van der Waals surface area contributed by atoms with Gasteiger partial charge in [-0.25, -0.2) is 0 Å². The van der Waals surface area contributed by atoms with Crippen LogP contribution in [0.25, 0.3) is 0 Å². The highest BCUT2D eigenvalue weighted by Gasteiger charge is 2.03. The van der Waals surface area contributed by atoms with E-state index in [0.717, 1.165) is 12.2 Å². The molecule has 0 N–H and O–H groups in total. The third kappa shape index (κ3) is 5.02. The lowest BCUT2D eigenvalue weighted by Gasteiger charge is -2.11. The highest BCUT2D eigenvalue weighted by molar-refractivity contribution is 9.09. The third-order valence-corrected chi connectivity index (χ3v) is 3.56. The number of hydrogen-bond donors (Lipinski definition) is 0. The van der Waals surface area contributed by atoms with Crippen molar-refractivity contribution in [1.82, 2.24) is 0 Å². The van der Waals surface area contributed by atoms with E-state index in [1.165, 1.54) is 18.4 Å². The van der Waals surface area contributed by atoms with E-state index in [-0.39, 0.29) is 6.10 Å². The maximum atomic E-state index is 5.68. The highest BCUT2D eigenvalue weighted by Crippen LogP contribution is 2.18. The first-order chi connectivity index (χ1) is 7.61. The monoisotopic (exact) mass is 284 g/mol. The number of aryl methyl sites for hydroxylation is 1. The molecule has 0 aromatic heterocycles. The Balaban J connectivity index is 2.53. The lowest BCUT2D eigenvalue weighted by molar-refractivity contribution is 0.242. The van der Waals surface area contributed by atoms with Crippen LogP contribution in [-0.4, -0.2) is 10.9 Å². The second kappa shape index (κ2) is 6.95. The molecule has 1 atom stereocenters. The molecule has 1 aromatic rings. The Hall–Kier alpha value is -0.500. The fourth-order valence-corrected chi connectivity index (χ4v) is 1.80. The molecule has 0 heterocycles. The summed E-state index contributed by atoms with van der Waals surface area (Å²) in [5.41, 5.74) is 1.36. The molecule has 0 aliphatic carbocycles. The summed E-state index contributed by atoms with van der Waals surface area (Å²) >= 11 is 3.66. The van der Waals surface area contributed by atoms with Gasteiger partial charge >= 0.3 is 0 Å². The average molecular weight is 285 g/mol. The van der Waals surface area contributed by atoms with Crippen molar-refractivity contribution in [2.45, 2.75) is 51.0 Å². The quantitative estimate of drug-likeness (QED) is 0.695. The van der Waals surface area contributed by atoms with E-state index < -0.39 is 0 Å². The Morgan fingerprint density at radius 1 is 1.31 bits per heavy atom. The van der Waals surface area contributed by atoms with Crippen LogP contribution in [0.1, 0.15) is 39.2 Å². The van der Waals surface area contributed by atoms with E-state index in [9.17, 15) is 0 Å². The summed E-state index contributed by atoms with van der Waals surface area (Å²) in [4.78, 5) is 0.627. The van der Waals surface area contributed by atoms with Gasteiger partial charge in [-0.15, -0.1) is 0 Å². The molecule has 0 spiro atoms. The van der Waals surface area contributed by atoms with Crippen molar-refractivity contribution in [3.05, 3.63) is 29.8 Å². The second-order valence-electron chi connectivity index (χ2n) is 4.36. The number of ether oxygens (including phenoxy) is 1.